The first kappa shape index (κ1) is 20.4. The van der Waals surface area contributed by atoms with Crippen LogP contribution >= 0.6 is 0 Å². The minimum atomic E-state index is -0.0285. The molecule has 156 valence electrons. The van der Waals surface area contributed by atoms with Crippen LogP contribution in [-0.2, 0) is 12.8 Å². The predicted molar refractivity (Wildman–Crippen MR) is 121 cm³/mol. The van der Waals surface area contributed by atoms with Crippen LogP contribution in [0.15, 0.2) is 54.9 Å². The highest BCUT2D eigenvalue weighted by molar-refractivity contribution is 5.94. The highest BCUT2D eigenvalue weighted by atomic mass is 16.1. The Morgan fingerprint density at radius 2 is 2.03 bits per heavy atom. The van der Waals surface area contributed by atoms with Gasteiger partial charge in [0.15, 0.2) is 0 Å². The van der Waals surface area contributed by atoms with Gasteiger partial charge in [0.2, 0.25) is 0 Å². The molecular formula is C25H30N4O. The summed E-state index contributed by atoms with van der Waals surface area (Å²) in [4.78, 5) is 18.8. The molecule has 3 aromatic rings. The van der Waals surface area contributed by atoms with Gasteiger partial charge in [0, 0.05) is 48.0 Å². The van der Waals surface area contributed by atoms with Crippen LogP contribution in [-0.4, -0.2) is 47.5 Å². The molecule has 2 aromatic heterocycles. The van der Waals surface area contributed by atoms with E-state index < -0.39 is 0 Å². The Kier molecular flexibility index (Phi) is 6.00. The van der Waals surface area contributed by atoms with Crippen LogP contribution in [0.4, 0.5) is 0 Å². The zero-order chi connectivity index (χ0) is 21.1. The Bertz CT molecular complexity index is 1010. The van der Waals surface area contributed by atoms with Gasteiger partial charge < -0.3 is 14.8 Å². The van der Waals surface area contributed by atoms with E-state index in [4.69, 9.17) is 0 Å². The van der Waals surface area contributed by atoms with Gasteiger partial charge in [-0.3, -0.25) is 9.78 Å². The number of nitrogens with zero attached hydrogens (tertiary/aromatic N) is 3. The van der Waals surface area contributed by atoms with Gasteiger partial charge in [-0.2, -0.15) is 0 Å². The first-order valence-corrected chi connectivity index (χ1v) is 10.7. The first-order valence-electron chi connectivity index (χ1n) is 10.7. The summed E-state index contributed by atoms with van der Waals surface area (Å²) in [5.74, 6) is 0.683. The third kappa shape index (κ3) is 4.31. The lowest BCUT2D eigenvalue weighted by molar-refractivity contribution is 0.0951. The summed E-state index contributed by atoms with van der Waals surface area (Å²) in [6, 6.07) is 14.4. The number of carbonyl (C=O) groups is 1. The average molecular weight is 403 g/mol. The number of rotatable bonds is 6. The molecule has 0 radical (unpaired) electrons. The number of pyridine rings is 1. The Morgan fingerprint density at radius 3 is 2.73 bits per heavy atom. The molecule has 1 aliphatic rings. The number of amides is 1. The molecule has 1 unspecified atom stereocenters. The number of hydrogen-bond donors (Lipinski definition) is 1. The van der Waals surface area contributed by atoms with Gasteiger partial charge in [0.05, 0.1) is 5.69 Å². The second kappa shape index (κ2) is 8.84. The van der Waals surface area contributed by atoms with E-state index in [-0.39, 0.29) is 5.91 Å². The fourth-order valence-corrected chi connectivity index (χ4v) is 4.19. The summed E-state index contributed by atoms with van der Waals surface area (Å²) in [6.07, 6.45) is 7.12. The smallest absolute Gasteiger partial charge is 0.251 e. The maximum absolute atomic E-state index is 12.4. The van der Waals surface area contributed by atoms with E-state index in [0.717, 1.165) is 30.6 Å². The second-order valence-corrected chi connectivity index (χ2v) is 8.53. The molecule has 0 saturated carbocycles. The van der Waals surface area contributed by atoms with Gasteiger partial charge in [-0.05, 0) is 87.3 Å². The standard InChI is InChI=1S/C25H30N4O/c1-18-6-11-23-21(15-18)16-24(20-5-4-12-26-17-20)29(23)22-9-7-19(8-10-22)25(30)27-13-14-28(2)3/h4-5,7-10,12,16-18H,6,11,13-15H2,1-3H3,(H,27,30). The Hall–Kier alpha value is -2.92. The lowest BCUT2D eigenvalue weighted by Crippen LogP contribution is -2.31. The zero-order valence-electron chi connectivity index (χ0n) is 18.1. The van der Waals surface area contributed by atoms with Crippen molar-refractivity contribution in [2.24, 2.45) is 5.92 Å². The molecule has 5 nitrogen and oxygen atoms in total. The maximum atomic E-state index is 12.4. The fourth-order valence-electron chi connectivity index (χ4n) is 4.19. The summed E-state index contributed by atoms with van der Waals surface area (Å²) >= 11 is 0. The molecule has 1 N–H and O–H groups in total. The van der Waals surface area contributed by atoms with Gasteiger partial charge in [-0.1, -0.05) is 6.92 Å². The summed E-state index contributed by atoms with van der Waals surface area (Å²) in [7, 11) is 4.00. The Morgan fingerprint density at radius 1 is 1.23 bits per heavy atom. The summed E-state index contributed by atoms with van der Waals surface area (Å²) in [6.45, 7) is 3.79. The molecule has 0 spiro atoms. The van der Waals surface area contributed by atoms with Crippen LogP contribution in [0.3, 0.4) is 0 Å². The molecule has 5 heteroatoms. The number of nitrogens with one attached hydrogen (secondary N) is 1. The summed E-state index contributed by atoms with van der Waals surface area (Å²) in [5.41, 5.74) is 6.88. The molecule has 0 aliphatic heterocycles. The highest BCUT2D eigenvalue weighted by Gasteiger charge is 2.23. The first-order chi connectivity index (χ1) is 14.5. The highest BCUT2D eigenvalue weighted by Crippen LogP contribution is 2.35. The SMILES string of the molecule is CC1CCc2c(cc(-c3cccnc3)n2-c2ccc(C(=O)NCCN(C)C)cc2)C1. The van der Waals surface area contributed by atoms with Crippen LogP contribution in [0.1, 0.15) is 35.0 Å². The van der Waals surface area contributed by atoms with Crippen molar-refractivity contribution >= 4 is 5.91 Å². The van der Waals surface area contributed by atoms with Crippen LogP contribution in [0.2, 0.25) is 0 Å². The summed E-state index contributed by atoms with van der Waals surface area (Å²) < 4.78 is 2.35. The molecule has 1 atom stereocenters. The number of carbonyl (C=O) groups excluding carboxylic acids is 1. The zero-order valence-corrected chi connectivity index (χ0v) is 18.1. The van der Waals surface area contributed by atoms with E-state index in [0.29, 0.717) is 18.0 Å². The van der Waals surface area contributed by atoms with E-state index >= 15 is 0 Å². The second-order valence-electron chi connectivity index (χ2n) is 8.53. The molecule has 30 heavy (non-hydrogen) atoms. The van der Waals surface area contributed by atoms with Crippen LogP contribution in [0.25, 0.3) is 16.9 Å². The maximum Gasteiger partial charge on any atom is 0.251 e. The molecule has 4 rings (SSSR count). The minimum Gasteiger partial charge on any atom is -0.351 e. The number of likely N-dealkylation sites (N-methyl/N-ethyl adjacent to an activating group) is 1. The quantitative estimate of drug-likeness (QED) is 0.679. The molecule has 0 saturated heterocycles. The van der Waals surface area contributed by atoms with Crippen molar-refractivity contribution in [1.29, 1.82) is 0 Å². The number of benzene rings is 1. The Labute approximate surface area is 178 Å². The van der Waals surface area contributed by atoms with Crippen molar-refractivity contribution in [1.82, 2.24) is 19.8 Å². The lowest BCUT2D eigenvalue weighted by atomic mass is 9.89. The molecule has 1 amide bonds. The van der Waals surface area contributed by atoms with E-state index in [1.165, 1.54) is 23.4 Å². The summed E-state index contributed by atoms with van der Waals surface area (Å²) in [5, 5.41) is 2.98. The van der Waals surface area contributed by atoms with Crippen molar-refractivity contribution in [3.8, 4) is 16.9 Å². The average Bonchev–Trinajstić information content (AvgIpc) is 3.12. The van der Waals surface area contributed by atoms with Gasteiger partial charge in [0.1, 0.15) is 0 Å². The van der Waals surface area contributed by atoms with E-state index in [9.17, 15) is 4.79 Å². The molecule has 1 aliphatic carbocycles. The van der Waals surface area contributed by atoms with Gasteiger partial charge in [-0.15, -0.1) is 0 Å². The van der Waals surface area contributed by atoms with E-state index in [2.05, 4.69) is 51.0 Å². The number of fused-ring (bicyclic) bond motifs is 1. The molecule has 2 heterocycles. The van der Waals surface area contributed by atoms with E-state index in [1.54, 1.807) is 0 Å². The van der Waals surface area contributed by atoms with Crippen molar-refractivity contribution < 1.29 is 4.79 Å². The number of aromatic nitrogens is 2. The Balaban J connectivity index is 1.66. The fraction of sp³-hybridized carbons (Fsp3) is 0.360. The van der Waals surface area contributed by atoms with E-state index in [1.807, 2.05) is 44.7 Å². The van der Waals surface area contributed by atoms with Crippen molar-refractivity contribution in [3.05, 3.63) is 71.7 Å². The third-order valence-electron chi connectivity index (χ3n) is 5.82. The van der Waals surface area contributed by atoms with Crippen LogP contribution in [0, 0.1) is 5.92 Å². The van der Waals surface area contributed by atoms with Crippen molar-refractivity contribution in [2.75, 3.05) is 27.2 Å². The van der Waals surface area contributed by atoms with Gasteiger partial charge in [0.25, 0.3) is 5.91 Å². The minimum absolute atomic E-state index is 0.0285. The predicted octanol–water partition coefficient (Wildman–Crippen LogP) is 3.96. The van der Waals surface area contributed by atoms with Crippen molar-refractivity contribution in [3.63, 3.8) is 0 Å². The lowest BCUT2D eigenvalue weighted by Gasteiger charge is -2.21. The largest absolute Gasteiger partial charge is 0.351 e. The normalized spacial score (nSPS) is 15.8. The molecule has 1 aromatic carbocycles. The van der Waals surface area contributed by atoms with Gasteiger partial charge >= 0.3 is 0 Å². The molecule has 0 bridgehead atoms. The molecule has 0 fully saturated rings. The molecular weight excluding hydrogens is 372 g/mol. The third-order valence-corrected chi connectivity index (χ3v) is 5.82. The van der Waals surface area contributed by atoms with Crippen molar-refractivity contribution in [2.45, 2.75) is 26.2 Å². The topological polar surface area (TPSA) is 50.2 Å². The van der Waals surface area contributed by atoms with Crippen LogP contribution in [0.5, 0.6) is 0 Å². The van der Waals surface area contributed by atoms with Crippen LogP contribution < -0.4 is 5.32 Å². The monoisotopic (exact) mass is 402 g/mol. The van der Waals surface area contributed by atoms with Gasteiger partial charge in [-0.25, -0.2) is 0 Å². The number of hydrogen-bond acceptors (Lipinski definition) is 3.